The molecule has 0 amide bonds. The minimum atomic E-state index is -4.98. The molecule has 15 aromatic rings. The van der Waals surface area contributed by atoms with Crippen LogP contribution in [0.4, 0.5) is 18.9 Å². The molecular weight excluding hydrogens is 1140 g/mol. The summed E-state index contributed by atoms with van der Waals surface area (Å²) in [7, 11) is 0. The van der Waals surface area contributed by atoms with Crippen LogP contribution in [0.3, 0.4) is 0 Å². The monoisotopic (exact) mass is 1190 g/mol. The van der Waals surface area contributed by atoms with E-state index in [0.29, 0.717) is 106 Å². The van der Waals surface area contributed by atoms with Crippen molar-refractivity contribution in [3.05, 3.63) is 301 Å². The molecular formula is C80H44F3N9. The van der Waals surface area contributed by atoms with E-state index in [0.717, 1.165) is 39.1 Å². The Morgan fingerprint density at radius 2 is 0.685 bits per heavy atom. The summed E-state index contributed by atoms with van der Waals surface area (Å²) >= 11 is 0. The van der Waals surface area contributed by atoms with Crippen molar-refractivity contribution in [3.8, 4) is 119 Å². The van der Waals surface area contributed by atoms with Crippen LogP contribution in [-0.4, -0.2) is 24.1 Å². The highest BCUT2D eigenvalue weighted by atomic mass is 19.4. The van der Waals surface area contributed by atoms with E-state index in [1.807, 2.05) is 221 Å². The summed E-state index contributed by atoms with van der Waals surface area (Å²) in [5.41, 5.74) is 11.1. The molecule has 92 heavy (non-hydrogen) atoms. The Morgan fingerprint density at radius 1 is 0.337 bits per heavy atom. The highest BCUT2D eigenvalue weighted by Gasteiger charge is 2.38. The molecule has 12 heteroatoms. The van der Waals surface area contributed by atoms with Crippen LogP contribution in [0.5, 0.6) is 0 Å². The average Bonchev–Trinajstić information content (AvgIpc) is 1.49. The number of hydrogen-bond acceptors (Lipinski definition) is 6. The van der Waals surface area contributed by atoms with Crippen molar-refractivity contribution in [3.63, 3.8) is 0 Å². The van der Waals surface area contributed by atoms with Crippen LogP contribution >= 0.6 is 0 Å². The molecule has 0 aliphatic rings. The van der Waals surface area contributed by atoms with E-state index in [-0.39, 0.29) is 28.2 Å². The Hall–Kier alpha value is -13.0. The van der Waals surface area contributed by atoms with E-state index in [4.69, 9.17) is 21.5 Å². The fourth-order valence-corrected chi connectivity index (χ4v) is 12.9. The number of fused-ring (bicyclic) bond motifs is 6. The van der Waals surface area contributed by atoms with Gasteiger partial charge in [0.25, 0.3) is 0 Å². The highest BCUT2D eigenvalue weighted by molar-refractivity contribution is 6.15. The number of nitriles is 3. The van der Waals surface area contributed by atoms with Gasteiger partial charge in [0.05, 0.1) is 80.5 Å². The average molecular weight is 1190 g/mol. The lowest BCUT2D eigenvalue weighted by atomic mass is 9.90. The molecule has 0 spiro atoms. The second-order valence-electron chi connectivity index (χ2n) is 22.1. The second-order valence-corrected chi connectivity index (χ2v) is 22.1. The van der Waals surface area contributed by atoms with E-state index in [9.17, 15) is 15.8 Å². The molecule has 0 N–H and O–H groups in total. The maximum atomic E-state index is 17.1. The summed E-state index contributed by atoms with van der Waals surface area (Å²) in [4.78, 5) is 19.3. The van der Waals surface area contributed by atoms with Gasteiger partial charge in [-0.3, -0.25) is 0 Å². The van der Waals surface area contributed by atoms with Crippen molar-refractivity contribution in [1.29, 1.82) is 15.8 Å². The third kappa shape index (κ3) is 9.44. The lowest BCUT2D eigenvalue weighted by Gasteiger charge is -2.24. The van der Waals surface area contributed by atoms with Crippen molar-refractivity contribution in [1.82, 2.24) is 24.1 Å². The zero-order chi connectivity index (χ0) is 62.6. The molecule has 15 rings (SSSR count). The summed E-state index contributed by atoms with van der Waals surface area (Å²) in [5, 5.41) is 34.0. The molecule has 3 aromatic heterocycles. The number of halogens is 3. The molecule has 0 saturated carbocycles. The second kappa shape index (κ2) is 22.6. The summed E-state index contributed by atoms with van der Waals surface area (Å²) in [6.07, 6.45) is -4.98. The Labute approximate surface area is 525 Å². The van der Waals surface area contributed by atoms with Gasteiger partial charge in [-0.1, -0.05) is 182 Å². The van der Waals surface area contributed by atoms with Crippen LogP contribution in [0.2, 0.25) is 0 Å². The molecule has 0 saturated heterocycles. The van der Waals surface area contributed by atoms with Gasteiger partial charge in [-0.05, 0) is 129 Å². The van der Waals surface area contributed by atoms with Gasteiger partial charge in [-0.15, -0.1) is 0 Å². The van der Waals surface area contributed by atoms with E-state index in [1.165, 1.54) is 6.07 Å². The summed E-state index contributed by atoms with van der Waals surface area (Å²) in [6, 6.07) is 88.1. The SMILES string of the molecule is [C-]#[N+]c1ccccc1-c1ccc2c(c1)c1cc(-c3ccccc3C#N)ccc1n2-c1cccc(C(F)(F)F)c1-c1c(-c2nc(-c3ccccc3)nc(-c3ccccc3)n2)cccc1-n1c2ccc(-c3ccccc3C#N)cc2c2cc(-c3ccccc3C#N)ccc21. The standard InChI is InChI=1S/C80H44F3N9/c1-87-68-31-15-14-28-61(68)54-37-41-72-66(45-54)65-44-53(60-27-13-10-24-57(60)48-86)36-40-71(65)92(72)74-33-17-30-67(80(81,82)83)76(74)75-62(79-89-77(49-18-4-2-5-19-49)88-78(90-79)50-20-6-3-7-21-50)29-16-32-73(75)91-69-38-34-51(58-25-11-8-22-55(58)46-84)42-63(69)64-43-52(35-39-70(64)91)59-26-12-9-23-56(59)47-85/h2-45H. The molecule has 0 atom stereocenters. The molecule has 0 unspecified atom stereocenters. The Bertz CT molecular complexity index is 5410. The zero-order valence-corrected chi connectivity index (χ0v) is 48.6. The first kappa shape index (κ1) is 55.6. The molecule has 0 radical (unpaired) electrons. The number of hydrogen-bond donors (Lipinski definition) is 0. The summed E-state index contributed by atoms with van der Waals surface area (Å²) in [5.74, 6) is 0.707. The molecule has 0 fully saturated rings. The normalized spacial score (nSPS) is 11.4. The third-order valence-corrected chi connectivity index (χ3v) is 17.0. The number of benzene rings is 12. The lowest BCUT2D eigenvalue weighted by Crippen LogP contribution is -2.12. The highest BCUT2D eigenvalue weighted by Crippen LogP contribution is 2.51. The molecule has 12 aromatic carbocycles. The maximum Gasteiger partial charge on any atom is 0.417 e. The van der Waals surface area contributed by atoms with E-state index in [1.54, 1.807) is 42.5 Å². The Morgan fingerprint density at radius 3 is 1.10 bits per heavy atom. The fourth-order valence-electron chi connectivity index (χ4n) is 12.9. The van der Waals surface area contributed by atoms with Crippen molar-refractivity contribution in [2.24, 2.45) is 0 Å². The van der Waals surface area contributed by atoms with Crippen LogP contribution < -0.4 is 0 Å². The predicted molar refractivity (Wildman–Crippen MR) is 357 cm³/mol. The van der Waals surface area contributed by atoms with Gasteiger partial charge in [0.15, 0.2) is 23.2 Å². The fraction of sp³-hybridized carbons (Fsp3) is 0.0125. The minimum absolute atomic E-state index is 0.107. The lowest BCUT2D eigenvalue weighted by molar-refractivity contribution is -0.137. The van der Waals surface area contributed by atoms with Gasteiger partial charge in [-0.25, -0.2) is 19.8 Å². The van der Waals surface area contributed by atoms with Crippen molar-refractivity contribution in [2.45, 2.75) is 6.18 Å². The Balaban J connectivity index is 1.10. The zero-order valence-electron chi connectivity index (χ0n) is 48.6. The number of aromatic nitrogens is 5. The first-order chi connectivity index (χ1) is 45.1. The third-order valence-electron chi connectivity index (χ3n) is 17.0. The number of para-hydroxylation sites is 1. The quantitative estimate of drug-likeness (QED) is 0.126. The first-order valence-corrected chi connectivity index (χ1v) is 29.4. The van der Waals surface area contributed by atoms with Gasteiger partial charge in [0, 0.05) is 49.4 Å². The molecule has 0 aliphatic carbocycles. The van der Waals surface area contributed by atoms with Crippen molar-refractivity contribution < 1.29 is 13.2 Å². The molecule has 9 nitrogen and oxygen atoms in total. The van der Waals surface area contributed by atoms with Crippen LogP contribution in [0, 0.1) is 40.6 Å². The van der Waals surface area contributed by atoms with E-state index >= 15 is 13.2 Å². The number of rotatable bonds is 10. The van der Waals surface area contributed by atoms with E-state index in [2.05, 4.69) is 23.1 Å². The van der Waals surface area contributed by atoms with Crippen LogP contribution in [0.25, 0.3) is 150 Å². The predicted octanol–water partition coefficient (Wildman–Crippen LogP) is 20.6. The molecule has 0 aliphatic heterocycles. The number of nitrogens with zero attached hydrogens (tertiary/aromatic N) is 9. The van der Waals surface area contributed by atoms with Gasteiger partial charge < -0.3 is 9.13 Å². The van der Waals surface area contributed by atoms with Gasteiger partial charge in [0.2, 0.25) is 0 Å². The summed E-state index contributed by atoms with van der Waals surface area (Å²) < 4.78 is 55.1. The van der Waals surface area contributed by atoms with Crippen LogP contribution in [0.15, 0.2) is 267 Å². The van der Waals surface area contributed by atoms with Crippen LogP contribution in [-0.2, 0) is 6.18 Å². The molecule has 3 heterocycles. The van der Waals surface area contributed by atoms with Gasteiger partial charge >= 0.3 is 6.18 Å². The van der Waals surface area contributed by atoms with Crippen LogP contribution in [0.1, 0.15) is 22.3 Å². The topological polar surface area (TPSA) is 124 Å². The first-order valence-electron chi connectivity index (χ1n) is 29.4. The molecule has 0 bridgehead atoms. The largest absolute Gasteiger partial charge is 0.417 e. The number of alkyl halides is 3. The van der Waals surface area contributed by atoms with Crippen molar-refractivity contribution >= 4 is 49.3 Å². The smallest absolute Gasteiger partial charge is 0.309 e. The Kier molecular flexibility index (Phi) is 13.7. The molecule has 430 valence electrons. The summed E-state index contributed by atoms with van der Waals surface area (Å²) in [6.45, 7) is 8.12. The maximum absolute atomic E-state index is 17.1. The van der Waals surface area contributed by atoms with Gasteiger partial charge in [-0.2, -0.15) is 29.0 Å². The van der Waals surface area contributed by atoms with Crippen molar-refractivity contribution in [2.75, 3.05) is 0 Å². The minimum Gasteiger partial charge on any atom is -0.309 e. The van der Waals surface area contributed by atoms with Gasteiger partial charge in [0.1, 0.15) is 0 Å². The van der Waals surface area contributed by atoms with E-state index < -0.39 is 11.7 Å².